The number of anilines is 1. The highest BCUT2D eigenvalue weighted by molar-refractivity contribution is 7.99. The standard InChI is InChI=1S/C15H21FN2OS/c1-19-15-12(9-5-8-11-6-3-4-7-11)10-13(18-20-2)14(16)17-15/h5,9-11,18H,3-4,6-8H2,1-2H3/b9-5+. The second-order valence-electron chi connectivity index (χ2n) is 5.02. The number of allylic oxidation sites excluding steroid dienone is 1. The number of ether oxygens (including phenoxy) is 1. The molecule has 20 heavy (non-hydrogen) atoms. The smallest absolute Gasteiger partial charge is 0.240 e. The van der Waals surface area contributed by atoms with E-state index < -0.39 is 5.95 Å². The molecule has 1 aliphatic carbocycles. The van der Waals surface area contributed by atoms with Crippen LogP contribution in [0.4, 0.5) is 10.1 Å². The van der Waals surface area contributed by atoms with E-state index in [1.807, 2.05) is 12.3 Å². The molecule has 3 nitrogen and oxygen atoms in total. The zero-order valence-electron chi connectivity index (χ0n) is 12.0. The molecule has 0 bridgehead atoms. The average molecular weight is 296 g/mol. The van der Waals surface area contributed by atoms with Crippen LogP contribution in [-0.4, -0.2) is 18.3 Å². The molecule has 0 amide bonds. The summed E-state index contributed by atoms with van der Waals surface area (Å²) in [4.78, 5) is 3.84. The molecule has 1 saturated carbocycles. The zero-order chi connectivity index (χ0) is 14.4. The molecule has 0 radical (unpaired) electrons. The summed E-state index contributed by atoms with van der Waals surface area (Å²) in [6, 6.07) is 1.74. The minimum Gasteiger partial charge on any atom is -0.480 e. The highest BCUT2D eigenvalue weighted by Crippen LogP contribution is 2.29. The molecule has 1 N–H and O–H groups in total. The van der Waals surface area contributed by atoms with E-state index in [1.165, 1.54) is 44.7 Å². The van der Waals surface area contributed by atoms with Crippen molar-refractivity contribution in [2.75, 3.05) is 18.1 Å². The monoisotopic (exact) mass is 296 g/mol. The lowest BCUT2D eigenvalue weighted by Gasteiger charge is -2.09. The van der Waals surface area contributed by atoms with Crippen LogP contribution in [-0.2, 0) is 0 Å². The van der Waals surface area contributed by atoms with Gasteiger partial charge in [-0.25, -0.2) is 0 Å². The van der Waals surface area contributed by atoms with Crippen LogP contribution in [0.1, 0.15) is 37.7 Å². The fourth-order valence-corrected chi connectivity index (χ4v) is 2.95. The summed E-state index contributed by atoms with van der Waals surface area (Å²) in [7, 11) is 1.51. The first-order chi connectivity index (χ1) is 9.74. The minimum atomic E-state index is -0.538. The predicted octanol–water partition coefficient (Wildman–Crippen LogP) is 4.51. The fraction of sp³-hybridized carbons (Fsp3) is 0.533. The minimum absolute atomic E-state index is 0.330. The lowest BCUT2D eigenvalue weighted by molar-refractivity contribution is 0.387. The van der Waals surface area contributed by atoms with Crippen molar-refractivity contribution >= 4 is 23.7 Å². The van der Waals surface area contributed by atoms with Crippen LogP contribution in [0, 0.1) is 11.9 Å². The summed E-state index contributed by atoms with van der Waals surface area (Å²) in [5.41, 5.74) is 1.20. The number of aromatic nitrogens is 1. The van der Waals surface area contributed by atoms with Gasteiger partial charge in [0, 0.05) is 11.8 Å². The van der Waals surface area contributed by atoms with Crippen molar-refractivity contribution in [3.05, 3.63) is 23.7 Å². The zero-order valence-corrected chi connectivity index (χ0v) is 12.8. The van der Waals surface area contributed by atoms with Crippen LogP contribution in [0.3, 0.4) is 0 Å². The highest BCUT2D eigenvalue weighted by atomic mass is 32.2. The third-order valence-corrected chi connectivity index (χ3v) is 4.04. The summed E-state index contributed by atoms with van der Waals surface area (Å²) in [5, 5.41) is 0. The molecule has 1 fully saturated rings. The van der Waals surface area contributed by atoms with Gasteiger partial charge in [-0.2, -0.15) is 9.37 Å². The van der Waals surface area contributed by atoms with Gasteiger partial charge in [0.1, 0.15) is 5.69 Å². The third-order valence-electron chi connectivity index (χ3n) is 3.62. The van der Waals surface area contributed by atoms with E-state index in [-0.39, 0.29) is 0 Å². The van der Waals surface area contributed by atoms with E-state index in [0.717, 1.165) is 17.9 Å². The number of pyridine rings is 1. The lowest BCUT2D eigenvalue weighted by Crippen LogP contribution is -1.99. The van der Waals surface area contributed by atoms with Crippen molar-refractivity contribution in [1.82, 2.24) is 4.98 Å². The topological polar surface area (TPSA) is 34.1 Å². The Labute approximate surface area is 124 Å². The van der Waals surface area contributed by atoms with E-state index >= 15 is 0 Å². The Hall–Kier alpha value is -1.23. The third kappa shape index (κ3) is 3.88. The van der Waals surface area contributed by atoms with Gasteiger partial charge in [-0.3, -0.25) is 0 Å². The number of nitrogens with one attached hydrogen (secondary N) is 1. The Morgan fingerprint density at radius 3 is 2.90 bits per heavy atom. The quantitative estimate of drug-likeness (QED) is 0.618. The second kappa shape index (κ2) is 7.53. The molecule has 0 spiro atoms. The molecule has 1 heterocycles. The maximum atomic E-state index is 13.7. The average Bonchev–Trinajstić information content (AvgIpc) is 2.95. The Kier molecular flexibility index (Phi) is 5.71. The van der Waals surface area contributed by atoms with Crippen molar-refractivity contribution in [3.63, 3.8) is 0 Å². The molecule has 1 aliphatic rings. The summed E-state index contributed by atoms with van der Waals surface area (Å²) >= 11 is 1.34. The molecule has 1 aromatic heterocycles. The summed E-state index contributed by atoms with van der Waals surface area (Å²) < 4.78 is 21.7. The van der Waals surface area contributed by atoms with E-state index in [4.69, 9.17) is 4.74 Å². The highest BCUT2D eigenvalue weighted by Gasteiger charge is 2.13. The number of rotatable bonds is 6. The van der Waals surface area contributed by atoms with Gasteiger partial charge >= 0.3 is 0 Å². The van der Waals surface area contributed by atoms with Gasteiger partial charge in [-0.15, -0.1) is 0 Å². The fourth-order valence-electron chi connectivity index (χ4n) is 2.59. The molecule has 2 rings (SSSR count). The van der Waals surface area contributed by atoms with E-state index in [9.17, 15) is 4.39 Å². The van der Waals surface area contributed by atoms with Crippen molar-refractivity contribution in [2.45, 2.75) is 32.1 Å². The Balaban J connectivity index is 2.11. The van der Waals surface area contributed by atoms with Gasteiger partial charge in [-0.05, 0) is 18.4 Å². The molecule has 1 aromatic rings. The predicted molar refractivity (Wildman–Crippen MR) is 83.5 cm³/mol. The molecule has 0 unspecified atom stereocenters. The first kappa shape index (κ1) is 15.2. The molecular formula is C15H21FN2OS. The van der Waals surface area contributed by atoms with Crippen LogP contribution in [0.25, 0.3) is 6.08 Å². The molecule has 0 aromatic carbocycles. The second-order valence-corrected chi connectivity index (χ2v) is 5.63. The van der Waals surface area contributed by atoms with Crippen LogP contribution in [0.15, 0.2) is 12.1 Å². The SMILES string of the molecule is COc1nc(F)c(NSC)cc1/C=C/CC1CCCC1. The van der Waals surface area contributed by atoms with E-state index in [1.54, 1.807) is 6.07 Å². The number of hydrogen-bond donors (Lipinski definition) is 1. The number of methoxy groups -OCH3 is 1. The van der Waals surface area contributed by atoms with Crippen molar-refractivity contribution in [3.8, 4) is 5.88 Å². The largest absolute Gasteiger partial charge is 0.480 e. The maximum absolute atomic E-state index is 13.7. The van der Waals surface area contributed by atoms with E-state index in [0.29, 0.717) is 11.6 Å². The first-order valence-corrected chi connectivity index (χ1v) is 8.17. The normalized spacial score (nSPS) is 15.9. The van der Waals surface area contributed by atoms with E-state index in [2.05, 4.69) is 15.8 Å². The molecule has 110 valence electrons. The van der Waals surface area contributed by atoms with Gasteiger partial charge < -0.3 is 9.46 Å². The summed E-state index contributed by atoms with van der Waals surface area (Å²) in [5.74, 6) is 0.593. The Bertz CT molecular complexity index is 473. The van der Waals surface area contributed by atoms with Crippen LogP contribution >= 0.6 is 11.9 Å². The van der Waals surface area contributed by atoms with Gasteiger partial charge in [0.25, 0.3) is 0 Å². The van der Waals surface area contributed by atoms with Gasteiger partial charge in [0.2, 0.25) is 11.8 Å². The van der Waals surface area contributed by atoms with Gasteiger partial charge in [0.05, 0.1) is 7.11 Å². The lowest BCUT2D eigenvalue weighted by atomic mass is 10.0. The molecule has 0 aliphatic heterocycles. The van der Waals surface area contributed by atoms with Crippen LogP contribution < -0.4 is 9.46 Å². The van der Waals surface area contributed by atoms with Crippen LogP contribution in [0.5, 0.6) is 5.88 Å². The van der Waals surface area contributed by atoms with Crippen LogP contribution in [0.2, 0.25) is 0 Å². The maximum Gasteiger partial charge on any atom is 0.240 e. The molecule has 0 atom stereocenters. The molecular weight excluding hydrogens is 275 g/mol. The summed E-state index contributed by atoms with van der Waals surface area (Å²) in [6.45, 7) is 0. The Morgan fingerprint density at radius 2 is 2.25 bits per heavy atom. The molecule has 0 saturated heterocycles. The van der Waals surface area contributed by atoms with Crippen molar-refractivity contribution in [1.29, 1.82) is 0 Å². The number of halogens is 1. The van der Waals surface area contributed by atoms with Crippen molar-refractivity contribution in [2.24, 2.45) is 5.92 Å². The van der Waals surface area contributed by atoms with Gasteiger partial charge in [0.15, 0.2) is 0 Å². The number of nitrogens with zero attached hydrogens (tertiary/aromatic N) is 1. The molecule has 5 heteroatoms. The van der Waals surface area contributed by atoms with Crippen molar-refractivity contribution < 1.29 is 9.13 Å². The first-order valence-electron chi connectivity index (χ1n) is 6.94. The summed E-state index contributed by atoms with van der Waals surface area (Å²) in [6.07, 6.45) is 12.4. The van der Waals surface area contributed by atoms with Gasteiger partial charge in [-0.1, -0.05) is 49.8 Å². The Morgan fingerprint density at radius 1 is 1.50 bits per heavy atom. The number of hydrogen-bond acceptors (Lipinski definition) is 4.